The molecule has 3 rings (SSSR count). The van der Waals surface area contributed by atoms with Gasteiger partial charge in [-0.25, -0.2) is 4.39 Å². The average molecular weight is 399 g/mol. The van der Waals surface area contributed by atoms with Crippen LogP contribution in [-0.4, -0.2) is 18.9 Å². The van der Waals surface area contributed by atoms with Gasteiger partial charge in [0.1, 0.15) is 11.6 Å². The van der Waals surface area contributed by atoms with Crippen molar-refractivity contribution >= 4 is 34.8 Å². The first-order chi connectivity index (χ1) is 13.5. The first kappa shape index (κ1) is 19.4. The second kappa shape index (κ2) is 8.54. The van der Waals surface area contributed by atoms with Crippen LogP contribution >= 0.6 is 11.6 Å². The third-order valence-corrected chi connectivity index (χ3v) is 4.24. The first-order valence-corrected chi connectivity index (χ1v) is 8.66. The number of carbonyl (C=O) groups excluding carboxylic acids is 2. The zero-order chi connectivity index (χ0) is 20.1. The fourth-order valence-corrected chi connectivity index (χ4v) is 2.77. The third-order valence-electron chi connectivity index (χ3n) is 3.91. The molecule has 0 aromatic heterocycles. The average Bonchev–Trinajstić information content (AvgIpc) is 2.68. The Morgan fingerprint density at radius 3 is 2.43 bits per heavy atom. The van der Waals surface area contributed by atoms with E-state index in [1.165, 1.54) is 25.3 Å². The number of anilines is 2. The number of halogens is 2. The van der Waals surface area contributed by atoms with Crippen LogP contribution in [0.25, 0.3) is 0 Å². The van der Waals surface area contributed by atoms with Crippen molar-refractivity contribution in [1.82, 2.24) is 0 Å². The minimum absolute atomic E-state index is 0.160. The fraction of sp³-hybridized carbons (Fsp3) is 0.0476. The number of hydrogen-bond acceptors (Lipinski definition) is 3. The van der Waals surface area contributed by atoms with Crippen LogP contribution in [0.15, 0.2) is 66.7 Å². The predicted octanol–water partition coefficient (Wildman–Crippen LogP) is 4.99. The Balaban J connectivity index is 1.83. The van der Waals surface area contributed by atoms with Gasteiger partial charge in [-0.3, -0.25) is 9.59 Å². The highest BCUT2D eigenvalue weighted by molar-refractivity contribution is 6.34. The van der Waals surface area contributed by atoms with Gasteiger partial charge in [-0.15, -0.1) is 0 Å². The van der Waals surface area contributed by atoms with Gasteiger partial charge in [-0.1, -0.05) is 29.8 Å². The summed E-state index contributed by atoms with van der Waals surface area (Å²) in [6, 6.07) is 16.8. The van der Waals surface area contributed by atoms with Crippen LogP contribution in [-0.2, 0) is 0 Å². The molecule has 2 amide bonds. The molecule has 0 radical (unpaired) electrons. The molecule has 0 saturated heterocycles. The van der Waals surface area contributed by atoms with E-state index >= 15 is 0 Å². The van der Waals surface area contributed by atoms with Crippen molar-refractivity contribution in [3.63, 3.8) is 0 Å². The van der Waals surface area contributed by atoms with Crippen LogP contribution in [0.2, 0.25) is 5.02 Å². The lowest BCUT2D eigenvalue weighted by Gasteiger charge is -2.13. The van der Waals surface area contributed by atoms with E-state index in [1.807, 2.05) is 0 Å². The lowest BCUT2D eigenvalue weighted by Crippen LogP contribution is -2.15. The van der Waals surface area contributed by atoms with E-state index in [4.69, 9.17) is 16.3 Å². The molecule has 7 heteroatoms. The van der Waals surface area contributed by atoms with Crippen molar-refractivity contribution in [1.29, 1.82) is 0 Å². The second-order valence-corrected chi connectivity index (χ2v) is 6.22. The summed E-state index contributed by atoms with van der Waals surface area (Å²) in [4.78, 5) is 24.8. The summed E-state index contributed by atoms with van der Waals surface area (Å²) >= 11 is 6.05. The minimum Gasteiger partial charge on any atom is -0.495 e. The van der Waals surface area contributed by atoms with E-state index in [9.17, 15) is 14.0 Å². The summed E-state index contributed by atoms with van der Waals surface area (Å²) in [5, 5.41) is 5.71. The topological polar surface area (TPSA) is 67.4 Å². The van der Waals surface area contributed by atoms with Gasteiger partial charge in [-0.2, -0.15) is 0 Å². The molecule has 142 valence electrons. The summed E-state index contributed by atoms with van der Waals surface area (Å²) in [6.07, 6.45) is 0. The van der Waals surface area contributed by atoms with E-state index in [-0.39, 0.29) is 5.56 Å². The van der Waals surface area contributed by atoms with E-state index in [0.29, 0.717) is 27.7 Å². The van der Waals surface area contributed by atoms with Crippen LogP contribution in [0.5, 0.6) is 5.75 Å². The van der Waals surface area contributed by atoms with E-state index < -0.39 is 17.6 Å². The Bertz CT molecular complexity index is 1040. The third kappa shape index (κ3) is 4.47. The maximum Gasteiger partial charge on any atom is 0.257 e. The highest BCUT2D eigenvalue weighted by atomic mass is 35.5. The molecule has 5 nitrogen and oxygen atoms in total. The Morgan fingerprint density at radius 2 is 1.71 bits per heavy atom. The van der Waals surface area contributed by atoms with Gasteiger partial charge in [0.25, 0.3) is 11.8 Å². The summed E-state index contributed by atoms with van der Waals surface area (Å²) in [6.45, 7) is 0. The zero-order valence-electron chi connectivity index (χ0n) is 14.8. The molecule has 0 atom stereocenters. The van der Waals surface area contributed by atoms with Crippen LogP contribution < -0.4 is 15.4 Å². The molecule has 28 heavy (non-hydrogen) atoms. The fourth-order valence-electron chi connectivity index (χ4n) is 2.55. The Hall–Kier alpha value is -3.38. The summed E-state index contributed by atoms with van der Waals surface area (Å²) < 4.78 is 18.6. The highest BCUT2D eigenvalue weighted by Gasteiger charge is 2.14. The van der Waals surface area contributed by atoms with Crippen molar-refractivity contribution in [2.24, 2.45) is 0 Å². The maximum atomic E-state index is 13.4. The Kier molecular flexibility index (Phi) is 5.91. The number of benzene rings is 3. The van der Waals surface area contributed by atoms with E-state index in [0.717, 1.165) is 6.07 Å². The molecular weight excluding hydrogens is 383 g/mol. The standard InChI is InChI=1S/C21H16ClFN2O3/c1-28-19-10-9-15(24-21(27)16-7-2-3-8-17(16)22)12-18(19)25-20(26)13-5-4-6-14(23)11-13/h2-12H,1H3,(H,24,27)(H,25,26). The number of rotatable bonds is 5. The molecule has 0 aliphatic rings. The van der Waals surface area contributed by atoms with Crippen LogP contribution in [0.4, 0.5) is 15.8 Å². The smallest absolute Gasteiger partial charge is 0.257 e. The lowest BCUT2D eigenvalue weighted by molar-refractivity contribution is 0.101. The Labute approximate surface area is 166 Å². The van der Waals surface area contributed by atoms with Gasteiger partial charge >= 0.3 is 0 Å². The molecule has 0 aliphatic carbocycles. The maximum absolute atomic E-state index is 13.4. The first-order valence-electron chi connectivity index (χ1n) is 8.29. The summed E-state index contributed by atoms with van der Waals surface area (Å²) in [5.74, 6) is -1.02. The zero-order valence-corrected chi connectivity index (χ0v) is 15.6. The van der Waals surface area contributed by atoms with Gasteiger partial charge < -0.3 is 15.4 Å². The van der Waals surface area contributed by atoms with E-state index in [2.05, 4.69) is 10.6 Å². The summed E-state index contributed by atoms with van der Waals surface area (Å²) in [5.41, 5.74) is 1.24. The molecule has 3 aromatic rings. The van der Waals surface area contributed by atoms with Crippen LogP contribution in [0.1, 0.15) is 20.7 Å². The van der Waals surface area contributed by atoms with Crippen molar-refractivity contribution in [3.05, 3.63) is 88.7 Å². The number of hydrogen-bond donors (Lipinski definition) is 2. The van der Waals surface area contributed by atoms with Gasteiger partial charge in [0.15, 0.2) is 0 Å². The van der Waals surface area contributed by atoms with Crippen molar-refractivity contribution in [2.45, 2.75) is 0 Å². The Morgan fingerprint density at radius 1 is 0.929 bits per heavy atom. The van der Waals surface area contributed by atoms with Crippen molar-refractivity contribution in [2.75, 3.05) is 17.7 Å². The molecule has 0 saturated carbocycles. The SMILES string of the molecule is COc1ccc(NC(=O)c2ccccc2Cl)cc1NC(=O)c1cccc(F)c1. The monoisotopic (exact) mass is 398 g/mol. The molecule has 3 aromatic carbocycles. The number of carbonyl (C=O) groups is 2. The van der Waals surface area contributed by atoms with Gasteiger partial charge in [0.2, 0.25) is 0 Å². The molecule has 2 N–H and O–H groups in total. The molecule has 0 bridgehead atoms. The molecular formula is C21H16ClFN2O3. The largest absolute Gasteiger partial charge is 0.495 e. The molecule has 0 aliphatic heterocycles. The lowest BCUT2D eigenvalue weighted by atomic mass is 10.1. The normalized spacial score (nSPS) is 10.2. The number of amides is 2. The van der Waals surface area contributed by atoms with Gasteiger partial charge in [0.05, 0.1) is 23.4 Å². The summed E-state index contributed by atoms with van der Waals surface area (Å²) in [7, 11) is 1.45. The quantitative estimate of drug-likeness (QED) is 0.636. The molecule has 0 spiro atoms. The van der Waals surface area contributed by atoms with E-state index in [1.54, 1.807) is 42.5 Å². The molecule has 0 unspecified atom stereocenters. The van der Waals surface area contributed by atoms with Gasteiger partial charge in [0, 0.05) is 11.3 Å². The van der Waals surface area contributed by atoms with Gasteiger partial charge in [-0.05, 0) is 48.5 Å². The number of ether oxygens (including phenoxy) is 1. The highest BCUT2D eigenvalue weighted by Crippen LogP contribution is 2.29. The number of nitrogens with one attached hydrogen (secondary N) is 2. The second-order valence-electron chi connectivity index (χ2n) is 5.81. The number of methoxy groups -OCH3 is 1. The predicted molar refractivity (Wildman–Crippen MR) is 107 cm³/mol. The van der Waals surface area contributed by atoms with Crippen molar-refractivity contribution < 1.29 is 18.7 Å². The molecule has 0 fully saturated rings. The van der Waals surface area contributed by atoms with Crippen LogP contribution in [0, 0.1) is 5.82 Å². The molecule has 0 heterocycles. The minimum atomic E-state index is -0.514. The van der Waals surface area contributed by atoms with Crippen LogP contribution in [0.3, 0.4) is 0 Å². The van der Waals surface area contributed by atoms with Crippen molar-refractivity contribution in [3.8, 4) is 5.75 Å².